The van der Waals surface area contributed by atoms with Gasteiger partial charge < -0.3 is 15.1 Å². The smallest absolute Gasteiger partial charge is 0.227 e. The van der Waals surface area contributed by atoms with E-state index in [4.69, 9.17) is 0 Å². The first-order valence-corrected chi connectivity index (χ1v) is 9.59. The lowest BCUT2D eigenvalue weighted by atomic mass is 9.87. The molecule has 1 N–H and O–H groups in total. The maximum Gasteiger partial charge on any atom is 0.227 e. The van der Waals surface area contributed by atoms with Crippen LogP contribution in [0.5, 0.6) is 0 Å². The van der Waals surface area contributed by atoms with Gasteiger partial charge in [-0.25, -0.2) is 4.98 Å². The first-order chi connectivity index (χ1) is 13.0. The van der Waals surface area contributed by atoms with Gasteiger partial charge in [-0.1, -0.05) is 24.3 Å². The number of amides is 1. The third-order valence-electron chi connectivity index (χ3n) is 5.96. The fraction of sp³-hybridized carbons (Fsp3) is 0.476. The highest BCUT2D eigenvalue weighted by atomic mass is 16.2. The summed E-state index contributed by atoms with van der Waals surface area (Å²) in [4.78, 5) is 26.0. The van der Waals surface area contributed by atoms with Gasteiger partial charge in [0.2, 0.25) is 11.9 Å². The predicted octanol–water partition coefficient (Wildman–Crippen LogP) is 2.79. The third kappa shape index (κ3) is 3.13. The van der Waals surface area contributed by atoms with E-state index in [-0.39, 0.29) is 11.9 Å². The molecule has 0 aliphatic carbocycles. The number of nitrogens with zero attached hydrogens (tertiary/aromatic N) is 4. The fourth-order valence-electron chi connectivity index (χ4n) is 4.67. The van der Waals surface area contributed by atoms with Crippen LogP contribution in [-0.2, 0) is 4.79 Å². The first-order valence-electron chi connectivity index (χ1n) is 9.59. The second-order valence-electron chi connectivity index (χ2n) is 7.75. The maximum absolute atomic E-state index is 12.3. The normalized spacial score (nSPS) is 24.2. The topological polar surface area (TPSA) is 61.4 Å². The Morgan fingerprint density at radius 2 is 1.93 bits per heavy atom. The maximum atomic E-state index is 12.3. The highest BCUT2D eigenvalue weighted by Crippen LogP contribution is 2.46. The number of rotatable bonds is 3. The number of nitrogens with one attached hydrogen (secondary N) is 1. The number of benzene rings is 1. The van der Waals surface area contributed by atoms with E-state index in [1.54, 1.807) is 6.92 Å². The van der Waals surface area contributed by atoms with Crippen LogP contribution in [-0.4, -0.2) is 47.5 Å². The molecule has 3 atom stereocenters. The van der Waals surface area contributed by atoms with Crippen molar-refractivity contribution in [3.05, 3.63) is 47.2 Å². The van der Waals surface area contributed by atoms with E-state index < -0.39 is 0 Å². The second-order valence-corrected chi connectivity index (χ2v) is 7.75. The summed E-state index contributed by atoms with van der Waals surface area (Å²) < 4.78 is 0. The number of carbonyl (C=O) groups is 1. The summed E-state index contributed by atoms with van der Waals surface area (Å²) in [6, 6.07) is 10.5. The highest BCUT2D eigenvalue weighted by molar-refractivity contribution is 5.74. The number of hydrogen-bond acceptors (Lipinski definition) is 5. The molecule has 2 aromatic rings. The quantitative estimate of drug-likeness (QED) is 0.906. The highest BCUT2D eigenvalue weighted by Gasteiger charge is 2.49. The van der Waals surface area contributed by atoms with E-state index in [0.717, 1.165) is 37.1 Å². The second kappa shape index (κ2) is 6.83. The van der Waals surface area contributed by atoms with E-state index in [1.165, 1.54) is 11.1 Å². The fourth-order valence-corrected chi connectivity index (χ4v) is 4.67. The van der Waals surface area contributed by atoms with Gasteiger partial charge in [-0.15, -0.1) is 0 Å². The van der Waals surface area contributed by atoms with Gasteiger partial charge in [-0.3, -0.25) is 4.79 Å². The molecule has 2 aliphatic heterocycles. The molecule has 2 saturated heterocycles. The van der Waals surface area contributed by atoms with Gasteiger partial charge in [0.1, 0.15) is 5.82 Å². The minimum Gasteiger partial charge on any atom is -0.373 e. The molecular weight excluding hydrogens is 338 g/mol. The average Bonchev–Trinajstić information content (AvgIpc) is 3.20. The van der Waals surface area contributed by atoms with Crippen LogP contribution in [0.4, 0.5) is 11.8 Å². The zero-order valence-electron chi connectivity index (χ0n) is 16.4. The molecule has 1 amide bonds. The van der Waals surface area contributed by atoms with E-state index >= 15 is 0 Å². The molecule has 0 radical (unpaired) electrons. The van der Waals surface area contributed by atoms with Crippen molar-refractivity contribution in [3.8, 4) is 0 Å². The van der Waals surface area contributed by atoms with Crippen molar-refractivity contribution in [2.24, 2.45) is 11.8 Å². The Morgan fingerprint density at radius 1 is 1.15 bits per heavy atom. The summed E-state index contributed by atoms with van der Waals surface area (Å²) in [5.41, 5.74) is 3.47. The molecule has 1 aromatic heterocycles. The number of aromatic nitrogens is 2. The molecule has 4 rings (SSSR count). The van der Waals surface area contributed by atoms with E-state index in [9.17, 15) is 4.79 Å². The number of hydrogen-bond donors (Lipinski definition) is 1. The first kappa shape index (κ1) is 17.8. The summed E-state index contributed by atoms with van der Waals surface area (Å²) in [6.45, 7) is 8.39. The Morgan fingerprint density at radius 3 is 2.63 bits per heavy atom. The summed E-state index contributed by atoms with van der Waals surface area (Å²) >= 11 is 0. The molecule has 0 unspecified atom stereocenters. The third-order valence-corrected chi connectivity index (χ3v) is 5.96. The Balaban J connectivity index is 1.65. The lowest BCUT2D eigenvalue weighted by molar-refractivity contribution is -0.130. The Kier molecular flexibility index (Phi) is 4.50. The van der Waals surface area contributed by atoms with E-state index in [0.29, 0.717) is 11.8 Å². The summed E-state index contributed by atoms with van der Waals surface area (Å²) in [5, 5.41) is 3.12. The summed E-state index contributed by atoms with van der Waals surface area (Å²) in [6.07, 6.45) is 0. The number of likely N-dealkylation sites (tertiary alicyclic amines) is 1. The van der Waals surface area contributed by atoms with Gasteiger partial charge in [0.15, 0.2) is 0 Å². The van der Waals surface area contributed by atoms with Gasteiger partial charge >= 0.3 is 0 Å². The average molecular weight is 365 g/mol. The molecule has 142 valence electrons. The van der Waals surface area contributed by atoms with Crippen LogP contribution < -0.4 is 10.2 Å². The van der Waals surface area contributed by atoms with Crippen LogP contribution in [0.2, 0.25) is 0 Å². The van der Waals surface area contributed by atoms with Crippen molar-refractivity contribution in [1.82, 2.24) is 14.9 Å². The zero-order valence-corrected chi connectivity index (χ0v) is 16.4. The molecule has 1 aromatic carbocycles. The van der Waals surface area contributed by atoms with E-state index in [1.807, 2.05) is 20.0 Å². The SMILES string of the molecule is CNc1cc(C)nc(N2C[C@@H]3CN(C(C)=O)[C@H](c4ccccc4C)[C@@H]3C2)n1. The van der Waals surface area contributed by atoms with Crippen LogP contribution >= 0.6 is 0 Å². The van der Waals surface area contributed by atoms with Gasteiger partial charge in [0.05, 0.1) is 6.04 Å². The van der Waals surface area contributed by atoms with Gasteiger partial charge in [-0.2, -0.15) is 4.98 Å². The molecule has 2 aliphatic rings. The van der Waals surface area contributed by atoms with Crippen molar-refractivity contribution in [3.63, 3.8) is 0 Å². The van der Waals surface area contributed by atoms with Crippen molar-refractivity contribution in [1.29, 1.82) is 0 Å². The number of anilines is 2. The van der Waals surface area contributed by atoms with Crippen LogP contribution in [0.1, 0.15) is 29.8 Å². The lowest BCUT2D eigenvalue weighted by Crippen LogP contribution is -2.35. The van der Waals surface area contributed by atoms with Crippen LogP contribution in [0.3, 0.4) is 0 Å². The van der Waals surface area contributed by atoms with Gasteiger partial charge in [0, 0.05) is 57.2 Å². The van der Waals surface area contributed by atoms with E-state index in [2.05, 4.69) is 56.3 Å². The molecule has 3 heterocycles. The standard InChI is InChI=1S/C21H27N5O/c1-13-7-5-6-8-17(13)20-18-12-25(10-16(18)11-26(20)15(3)27)21-23-14(2)9-19(22-4)24-21/h5-9,16,18,20H,10-12H2,1-4H3,(H,22,23,24)/t16-,18-,20-/m1/s1. The van der Waals surface area contributed by atoms with Crippen molar-refractivity contribution in [2.45, 2.75) is 26.8 Å². The minimum absolute atomic E-state index is 0.132. The van der Waals surface area contributed by atoms with Gasteiger partial charge in [0.25, 0.3) is 0 Å². The summed E-state index contributed by atoms with van der Waals surface area (Å²) in [5.74, 6) is 2.63. The molecule has 6 nitrogen and oxygen atoms in total. The Labute approximate surface area is 160 Å². The monoisotopic (exact) mass is 365 g/mol. The Bertz CT molecular complexity index is 867. The lowest BCUT2D eigenvalue weighted by Gasteiger charge is -2.30. The molecular formula is C21H27N5O. The number of carbonyl (C=O) groups excluding carboxylic acids is 1. The molecule has 6 heteroatoms. The summed E-state index contributed by atoms with van der Waals surface area (Å²) in [7, 11) is 1.88. The largest absolute Gasteiger partial charge is 0.373 e. The van der Waals surface area contributed by atoms with Gasteiger partial charge in [-0.05, 0) is 25.0 Å². The van der Waals surface area contributed by atoms with Crippen molar-refractivity contribution < 1.29 is 4.79 Å². The zero-order chi connectivity index (χ0) is 19.1. The molecule has 0 saturated carbocycles. The van der Waals surface area contributed by atoms with Crippen LogP contribution in [0, 0.1) is 25.7 Å². The molecule has 0 spiro atoms. The molecule has 2 fully saturated rings. The molecule has 0 bridgehead atoms. The Hall–Kier alpha value is -2.63. The molecule has 27 heavy (non-hydrogen) atoms. The van der Waals surface area contributed by atoms with Crippen molar-refractivity contribution >= 4 is 17.7 Å². The van der Waals surface area contributed by atoms with Crippen molar-refractivity contribution in [2.75, 3.05) is 36.9 Å². The predicted molar refractivity (Wildman–Crippen MR) is 107 cm³/mol. The van der Waals surface area contributed by atoms with Crippen LogP contribution in [0.15, 0.2) is 30.3 Å². The number of aryl methyl sites for hydroxylation is 2. The number of fused-ring (bicyclic) bond motifs is 1. The minimum atomic E-state index is 0.132. The van der Waals surface area contributed by atoms with Crippen LogP contribution in [0.25, 0.3) is 0 Å².